The molecule has 13 nitrogen and oxygen atoms in total. The van der Waals surface area contributed by atoms with Gasteiger partial charge in [-0.05, 0) is 44.9 Å². The molecule has 10 atom stereocenters. The second-order valence-electron chi connectivity index (χ2n) is 10.6. The summed E-state index contributed by atoms with van der Waals surface area (Å²) in [7, 11) is 0. The third-order valence-electron chi connectivity index (χ3n) is 7.41. The van der Waals surface area contributed by atoms with Crippen LogP contribution in [0.5, 0.6) is 5.75 Å². The molecule has 0 spiro atoms. The first-order chi connectivity index (χ1) is 19.5. The zero-order chi connectivity index (χ0) is 29.6. The summed E-state index contributed by atoms with van der Waals surface area (Å²) in [4.78, 5) is 12.2. The Kier molecular flexibility index (Phi) is 8.53. The molecule has 2 aliphatic rings. The molecule has 2 saturated heterocycles. The molecule has 0 saturated carbocycles. The maximum Gasteiger partial charge on any atom is 0.336 e. The van der Waals surface area contributed by atoms with Gasteiger partial charge in [-0.2, -0.15) is 0 Å². The Morgan fingerprint density at radius 2 is 1.54 bits per heavy atom. The predicted molar refractivity (Wildman–Crippen MR) is 141 cm³/mol. The van der Waals surface area contributed by atoms with Gasteiger partial charge in [0, 0.05) is 16.8 Å². The number of allylic oxidation sites excluding steroid dienone is 2. The summed E-state index contributed by atoms with van der Waals surface area (Å²) in [6.07, 6.45) is -10.8. The number of benzene rings is 1. The third-order valence-corrected chi connectivity index (χ3v) is 7.41. The van der Waals surface area contributed by atoms with Crippen LogP contribution in [0.2, 0.25) is 0 Å². The Labute approximate surface area is 233 Å². The summed E-state index contributed by atoms with van der Waals surface area (Å²) in [6, 6.07) is 4.61. The smallest absolute Gasteiger partial charge is 0.336 e. The topological polar surface area (TPSA) is 202 Å². The lowest BCUT2D eigenvalue weighted by atomic mass is 9.98. The van der Waals surface area contributed by atoms with Gasteiger partial charge < -0.3 is 58.4 Å². The molecule has 4 heterocycles. The molecule has 0 aliphatic carbocycles. The van der Waals surface area contributed by atoms with Gasteiger partial charge in [-0.1, -0.05) is 11.6 Å². The van der Waals surface area contributed by atoms with E-state index in [1.807, 2.05) is 19.9 Å². The lowest BCUT2D eigenvalue weighted by Crippen LogP contribution is -2.61. The number of aliphatic hydroxyl groups is 6. The number of furan rings is 1. The standard InChI is InChI=1S/C28H34O13/c1-11(2)4-5-13-14-6-7-17(29)40-25(14)26(24-15(13)8-9-36-24)41-28-23(35)21(33)19(31)16(39-28)10-37-27-22(34)20(32)18(30)12(3)38-27/h4,6-9,12,16,18-23,27-28,30-35H,5,10H2,1-3H3/t12-,16+,18-,19+,20+,21-,22+,23+,27+,28-/m0/s1. The summed E-state index contributed by atoms with van der Waals surface area (Å²) in [5.41, 5.74) is 1.51. The third kappa shape index (κ3) is 5.65. The lowest BCUT2D eigenvalue weighted by Gasteiger charge is -2.42. The highest BCUT2D eigenvalue weighted by molar-refractivity contribution is 6.04. The first-order valence-corrected chi connectivity index (χ1v) is 13.2. The summed E-state index contributed by atoms with van der Waals surface area (Å²) in [6.45, 7) is 4.94. The molecule has 6 N–H and O–H groups in total. The van der Waals surface area contributed by atoms with Crippen molar-refractivity contribution in [3.05, 3.63) is 52.1 Å². The van der Waals surface area contributed by atoms with Gasteiger partial charge in [0.2, 0.25) is 12.0 Å². The Bertz CT molecular complexity index is 1460. The zero-order valence-electron chi connectivity index (χ0n) is 22.6. The minimum Gasteiger partial charge on any atom is -0.460 e. The maximum absolute atomic E-state index is 12.2. The van der Waals surface area contributed by atoms with Crippen molar-refractivity contribution in [3.8, 4) is 5.75 Å². The van der Waals surface area contributed by atoms with E-state index in [4.69, 9.17) is 27.8 Å². The van der Waals surface area contributed by atoms with E-state index in [0.717, 1.165) is 11.1 Å². The molecule has 2 aliphatic heterocycles. The molecule has 224 valence electrons. The van der Waals surface area contributed by atoms with Crippen molar-refractivity contribution >= 4 is 21.9 Å². The molecular weight excluding hydrogens is 544 g/mol. The molecule has 0 unspecified atom stereocenters. The van der Waals surface area contributed by atoms with E-state index in [1.165, 1.54) is 19.3 Å². The molecule has 5 rings (SSSR count). The number of fused-ring (bicyclic) bond motifs is 2. The normalized spacial score (nSPS) is 34.2. The minimum absolute atomic E-state index is 0.0431. The first-order valence-electron chi connectivity index (χ1n) is 13.2. The summed E-state index contributed by atoms with van der Waals surface area (Å²) < 4.78 is 33.9. The van der Waals surface area contributed by atoms with E-state index in [1.54, 1.807) is 12.1 Å². The van der Waals surface area contributed by atoms with E-state index in [-0.39, 0.29) is 16.9 Å². The molecule has 2 aromatic heterocycles. The molecule has 1 aromatic carbocycles. The van der Waals surface area contributed by atoms with Crippen LogP contribution in [0.3, 0.4) is 0 Å². The van der Waals surface area contributed by atoms with Crippen LogP contribution < -0.4 is 10.4 Å². The van der Waals surface area contributed by atoms with Crippen LogP contribution in [-0.2, 0) is 20.6 Å². The number of rotatable bonds is 7. The van der Waals surface area contributed by atoms with Gasteiger partial charge >= 0.3 is 5.63 Å². The number of hydrogen-bond acceptors (Lipinski definition) is 13. The van der Waals surface area contributed by atoms with Crippen molar-refractivity contribution in [1.82, 2.24) is 0 Å². The van der Waals surface area contributed by atoms with E-state index < -0.39 is 73.6 Å². The van der Waals surface area contributed by atoms with E-state index >= 15 is 0 Å². The monoisotopic (exact) mass is 578 g/mol. The second kappa shape index (κ2) is 11.8. The summed E-state index contributed by atoms with van der Waals surface area (Å²) in [5.74, 6) is -0.0528. The van der Waals surface area contributed by atoms with Crippen molar-refractivity contribution in [2.75, 3.05) is 6.61 Å². The highest BCUT2D eigenvalue weighted by Gasteiger charge is 2.47. The van der Waals surface area contributed by atoms with Gasteiger partial charge in [-0.3, -0.25) is 0 Å². The van der Waals surface area contributed by atoms with Gasteiger partial charge in [0.05, 0.1) is 19.0 Å². The predicted octanol–water partition coefficient (Wildman–Crippen LogP) is 0.0784. The van der Waals surface area contributed by atoms with Crippen LogP contribution in [-0.4, -0.2) is 98.7 Å². The van der Waals surface area contributed by atoms with Gasteiger partial charge in [-0.15, -0.1) is 0 Å². The van der Waals surface area contributed by atoms with Crippen molar-refractivity contribution in [1.29, 1.82) is 0 Å². The molecule has 0 amide bonds. The van der Waals surface area contributed by atoms with Gasteiger partial charge in [0.25, 0.3) is 0 Å². The fraction of sp³-hybridized carbons (Fsp3) is 0.536. The fourth-order valence-corrected chi connectivity index (χ4v) is 5.04. The maximum atomic E-state index is 12.2. The van der Waals surface area contributed by atoms with Gasteiger partial charge in [0.15, 0.2) is 17.5 Å². The van der Waals surface area contributed by atoms with Gasteiger partial charge in [0.1, 0.15) is 42.7 Å². The average molecular weight is 579 g/mol. The summed E-state index contributed by atoms with van der Waals surface area (Å²) in [5, 5.41) is 63.3. The Morgan fingerprint density at radius 3 is 2.27 bits per heavy atom. The number of aliphatic hydroxyl groups excluding tert-OH is 6. The fourth-order valence-electron chi connectivity index (χ4n) is 5.04. The van der Waals surface area contributed by atoms with Crippen LogP contribution >= 0.6 is 0 Å². The molecular formula is C28H34O13. The Balaban J connectivity index is 1.44. The minimum atomic E-state index is -1.74. The lowest BCUT2D eigenvalue weighted by molar-refractivity contribution is -0.318. The Hall–Kier alpha value is -2.85. The highest BCUT2D eigenvalue weighted by Crippen LogP contribution is 2.40. The molecule has 41 heavy (non-hydrogen) atoms. The molecule has 0 bridgehead atoms. The van der Waals surface area contributed by atoms with Crippen LogP contribution in [0.4, 0.5) is 0 Å². The van der Waals surface area contributed by atoms with Crippen molar-refractivity contribution in [3.63, 3.8) is 0 Å². The van der Waals surface area contributed by atoms with Gasteiger partial charge in [-0.25, -0.2) is 4.79 Å². The SMILES string of the molecule is CC(C)=CCc1c2ccoc2c(O[C@@H]2O[C@H](CO[C@@H]3O[C@@H](C)[C@H](O)[C@@H](O)[C@H]3O)[C@@H](O)[C@H](O)[C@H]2O)c2oc(=O)ccc12. The van der Waals surface area contributed by atoms with E-state index in [9.17, 15) is 35.4 Å². The van der Waals surface area contributed by atoms with E-state index in [0.29, 0.717) is 17.2 Å². The van der Waals surface area contributed by atoms with Crippen LogP contribution in [0, 0.1) is 0 Å². The molecule has 0 radical (unpaired) electrons. The average Bonchev–Trinajstić information content (AvgIpc) is 3.43. The van der Waals surface area contributed by atoms with Crippen molar-refractivity contribution < 1.29 is 58.4 Å². The van der Waals surface area contributed by atoms with Crippen LogP contribution in [0.15, 0.2) is 49.7 Å². The van der Waals surface area contributed by atoms with E-state index in [2.05, 4.69) is 0 Å². The largest absolute Gasteiger partial charge is 0.460 e. The number of hydrogen-bond donors (Lipinski definition) is 6. The van der Waals surface area contributed by atoms with Crippen molar-refractivity contribution in [2.45, 2.75) is 88.6 Å². The molecule has 2 fully saturated rings. The van der Waals surface area contributed by atoms with Crippen molar-refractivity contribution in [2.24, 2.45) is 0 Å². The van der Waals surface area contributed by atoms with Crippen LogP contribution in [0.1, 0.15) is 26.3 Å². The molecule has 3 aromatic rings. The highest BCUT2D eigenvalue weighted by atomic mass is 16.7. The van der Waals surface area contributed by atoms with Crippen LogP contribution in [0.25, 0.3) is 21.9 Å². The quantitative estimate of drug-likeness (QED) is 0.163. The number of ether oxygens (including phenoxy) is 4. The molecule has 13 heteroatoms. The summed E-state index contributed by atoms with van der Waals surface area (Å²) >= 11 is 0. The Morgan fingerprint density at radius 1 is 0.854 bits per heavy atom. The first kappa shape index (κ1) is 29.6. The zero-order valence-corrected chi connectivity index (χ0v) is 22.6. The second-order valence-corrected chi connectivity index (χ2v) is 10.6.